The van der Waals surface area contributed by atoms with Gasteiger partial charge in [0.1, 0.15) is 11.5 Å². The highest BCUT2D eigenvalue weighted by atomic mass is 16.5. The third-order valence-electron chi connectivity index (χ3n) is 6.15. The molecule has 0 spiro atoms. The Morgan fingerprint density at radius 2 is 2.06 bits per heavy atom. The van der Waals surface area contributed by atoms with Crippen LogP contribution in [-0.4, -0.2) is 36.7 Å². The van der Waals surface area contributed by atoms with Crippen LogP contribution in [0.25, 0.3) is 10.9 Å². The lowest BCUT2D eigenvalue weighted by molar-refractivity contribution is 0.213. The maximum absolute atomic E-state index is 12.9. The van der Waals surface area contributed by atoms with Crippen molar-refractivity contribution in [2.45, 2.75) is 58.3 Å². The number of hydrogen-bond acceptors (Lipinski definition) is 7. The summed E-state index contributed by atoms with van der Waals surface area (Å²) in [5.41, 5.74) is 1.35. The smallest absolute Gasteiger partial charge is 0.252 e. The zero-order valence-corrected chi connectivity index (χ0v) is 18.7. The molecule has 0 radical (unpaired) electrons. The van der Waals surface area contributed by atoms with Gasteiger partial charge in [0.05, 0.1) is 32.0 Å². The molecule has 3 aromatic heterocycles. The van der Waals surface area contributed by atoms with Gasteiger partial charge in [0.2, 0.25) is 0 Å². The van der Waals surface area contributed by atoms with Gasteiger partial charge in [-0.05, 0) is 66.6 Å². The summed E-state index contributed by atoms with van der Waals surface area (Å²) in [4.78, 5) is 18.0. The third-order valence-corrected chi connectivity index (χ3v) is 6.15. The molecule has 1 aromatic carbocycles. The molecule has 0 atom stereocenters. The largest absolute Gasteiger partial charge is 0.494 e. The maximum atomic E-state index is 12.9. The van der Waals surface area contributed by atoms with Crippen molar-refractivity contribution in [1.82, 2.24) is 30.1 Å². The molecule has 0 bridgehead atoms. The highest BCUT2D eigenvalue weighted by molar-refractivity contribution is 5.80. The zero-order chi connectivity index (χ0) is 22.6. The summed E-state index contributed by atoms with van der Waals surface area (Å²) in [5.74, 6) is 2.42. The number of nitrogens with zero attached hydrogens (tertiary/aromatic N) is 5. The average Bonchev–Trinajstić information content (AvgIpc) is 3.58. The van der Waals surface area contributed by atoms with Crippen LogP contribution in [-0.2, 0) is 19.6 Å². The SMILES string of the molecule is CCOc1ccc2[nH]c(=O)c(CN(Cc3ccco3)Cc3nnnn3C3CCCC3)cc2c1. The summed E-state index contributed by atoms with van der Waals surface area (Å²) >= 11 is 0. The molecule has 5 rings (SSSR count). The van der Waals surface area contributed by atoms with E-state index in [4.69, 9.17) is 9.15 Å². The lowest BCUT2D eigenvalue weighted by Gasteiger charge is -2.21. The fraction of sp³-hybridized carbons (Fsp3) is 0.417. The lowest BCUT2D eigenvalue weighted by Crippen LogP contribution is -2.28. The summed E-state index contributed by atoms with van der Waals surface area (Å²) in [6, 6.07) is 11.8. The summed E-state index contributed by atoms with van der Waals surface area (Å²) in [6.07, 6.45) is 6.27. The molecule has 33 heavy (non-hydrogen) atoms. The van der Waals surface area contributed by atoms with Gasteiger partial charge in [-0.2, -0.15) is 0 Å². The second-order valence-electron chi connectivity index (χ2n) is 8.51. The van der Waals surface area contributed by atoms with Crippen LogP contribution in [0.3, 0.4) is 0 Å². The van der Waals surface area contributed by atoms with Crippen molar-refractivity contribution in [3.8, 4) is 5.75 Å². The Labute approximate surface area is 191 Å². The molecule has 1 saturated carbocycles. The fourth-order valence-corrected chi connectivity index (χ4v) is 4.58. The minimum Gasteiger partial charge on any atom is -0.494 e. The van der Waals surface area contributed by atoms with E-state index in [9.17, 15) is 4.79 Å². The molecular formula is C24H28N6O3. The quantitative estimate of drug-likeness (QED) is 0.415. The van der Waals surface area contributed by atoms with Crippen molar-refractivity contribution < 1.29 is 9.15 Å². The Morgan fingerprint density at radius 3 is 2.85 bits per heavy atom. The first kappa shape index (κ1) is 21.4. The van der Waals surface area contributed by atoms with Gasteiger partial charge in [0, 0.05) is 23.0 Å². The summed E-state index contributed by atoms with van der Waals surface area (Å²) in [7, 11) is 0. The van der Waals surface area contributed by atoms with Crippen LogP contribution in [0.15, 0.2) is 51.9 Å². The minimum atomic E-state index is -0.105. The molecule has 1 aliphatic rings. The van der Waals surface area contributed by atoms with E-state index in [0.29, 0.717) is 37.8 Å². The lowest BCUT2D eigenvalue weighted by atomic mass is 10.1. The number of fused-ring (bicyclic) bond motifs is 1. The molecule has 1 fully saturated rings. The van der Waals surface area contributed by atoms with Crippen LogP contribution in [0, 0.1) is 0 Å². The van der Waals surface area contributed by atoms with Gasteiger partial charge in [-0.25, -0.2) is 4.68 Å². The Balaban J connectivity index is 1.44. The van der Waals surface area contributed by atoms with Crippen molar-refractivity contribution in [3.05, 3.63) is 70.2 Å². The molecule has 9 nitrogen and oxygen atoms in total. The van der Waals surface area contributed by atoms with E-state index in [2.05, 4.69) is 25.4 Å². The standard InChI is InChI=1S/C24H28N6O3/c1-2-32-20-9-10-22-17(13-20)12-18(24(31)25-22)14-29(15-21-8-5-11-33-21)16-23-26-27-28-30(23)19-6-3-4-7-19/h5,8-13,19H,2-4,6-7,14-16H2,1H3,(H,25,31). The number of aromatic amines is 1. The van der Waals surface area contributed by atoms with E-state index >= 15 is 0 Å². The molecule has 0 aliphatic heterocycles. The number of ether oxygens (including phenoxy) is 1. The summed E-state index contributed by atoms with van der Waals surface area (Å²) < 4.78 is 13.2. The molecule has 0 unspecified atom stereocenters. The summed E-state index contributed by atoms with van der Waals surface area (Å²) in [6.45, 7) is 4.03. The van der Waals surface area contributed by atoms with Crippen LogP contribution in [0.5, 0.6) is 5.75 Å². The number of H-pyrrole nitrogens is 1. The van der Waals surface area contributed by atoms with Crippen molar-refractivity contribution in [2.24, 2.45) is 0 Å². The molecule has 1 N–H and O–H groups in total. The van der Waals surface area contributed by atoms with E-state index in [-0.39, 0.29) is 5.56 Å². The van der Waals surface area contributed by atoms with Crippen molar-refractivity contribution in [2.75, 3.05) is 6.61 Å². The zero-order valence-electron chi connectivity index (χ0n) is 18.7. The number of rotatable bonds is 9. The Kier molecular flexibility index (Phi) is 6.21. The van der Waals surface area contributed by atoms with E-state index < -0.39 is 0 Å². The highest BCUT2D eigenvalue weighted by Crippen LogP contribution is 2.29. The molecule has 4 aromatic rings. The fourth-order valence-electron chi connectivity index (χ4n) is 4.58. The van der Waals surface area contributed by atoms with Gasteiger partial charge < -0.3 is 14.1 Å². The predicted molar refractivity (Wildman–Crippen MR) is 123 cm³/mol. The van der Waals surface area contributed by atoms with E-state index in [1.165, 1.54) is 12.8 Å². The topological polar surface area (TPSA) is 102 Å². The monoisotopic (exact) mass is 448 g/mol. The molecule has 0 saturated heterocycles. The number of pyridine rings is 1. The maximum Gasteiger partial charge on any atom is 0.252 e. The second-order valence-corrected chi connectivity index (χ2v) is 8.51. The van der Waals surface area contributed by atoms with Gasteiger partial charge >= 0.3 is 0 Å². The van der Waals surface area contributed by atoms with Gasteiger partial charge in [0.15, 0.2) is 5.82 Å². The van der Waals surface area contributed by atoms with Crippen molar-refractivity contribution >= 4 is 10.9 Å². The number of aromatic nitrogens is 5. The van der Waals surface area contributed by atoms with Crippen LogP contribution in [0.2, 0.25) is 0 Å². The van der Waals surface area contributed by atoms with E-state index in [1.54, 1.807) is 6.26 Å². The minimum absolute atomic E-state index is 0.105. The first-order valence-electron chi connectivity index (χ1n) is 11.5. The molecule has 9 heteroatoms. The van der Waals surface area contributed by atoms with Crippen LogP contribution in [0.1, 0.15) is 55.8 Å². The highest BCUT2D eigenvalue weighted by Gasteiger charge is 2.23. The van der Waals surface area contributed by atoms with Gasteiger partial charge in [0.25, 0.3) is 5.56 Å². The van der Waals surface area contributed by atoms with Crippen molar-refractivity contribution in [1.29, 1.82) is 0 Å². The number of nitrogens with one attached hydrogen (secondary N) is 1. The van der Waals surface area contributed by atoms with Gasteiger partial charge in [-0.15, -0.1) is 5.10 Å². The predicted octanol–water partition coefficient (Wildman–Crippen LogP) is 3.82. The molecule has 0 amide bonds. The number of benzene rings is 1. The van der Waals surface area contributed by atoms with E-state index in [0.717, 1.165) is 41.1 Å². The number of hydrogen-bond donors (Lipinski definition) is 1. The molecule has 172 valence electrons. The van der Waals surface area contributed by atoms with Crippen LogP contribution >= 0.6 is 0 Å². The second kappa shape index (κ2) is 9.58. The molecule has 1 aliphatic carbocycles. The first-order valence-corrected chi connectivity index (χ1v) is 11.5. The number of tetrazole rings is 1. The van der Waals surface area contributed by atoms with Crippen LogP contribution < -0.4 is 10.3 Å². The molecular weight excluding hydrogens is 420 g/mol. The number of furan rings is 1. The Hall–Kier alpha value is -3.46. The Bertz CT molecular complexity index is 1260. The van der Waals surface area contributed by atoms with Gasteiger partial charge in [-0.3, -0.25) is 9.69 Å². The first-order chi connectivity index (χ1) is 16.2. The summed E-state index contributed by atoms with van der Waals surface area (Å²) in [5, 5.41) is 13.4. The van der Waals surface area contributed by atoms with Gasteiger partial charge in [-0.1, -0.05) is 12.8 Å². The normalized spacial score (nSPS) is 14.5. The Morgan fingerprint density at radius 1 is 1.18 bits per heavy atom. The van der Waals surface area contributed by atoms with Crippen LogP contribution in [0.4, 0.5) is 0 Å². The van der Waals surface area contributed by atoms with E-state index in [1.807, 2.05) is 48.0 Å². The van der Waals surface area contributed by atoms with Crippen molar-refractivity contribution in [3.63, 3.8) is 0 Å². The molecule has 3 heterocycles. The third kappa shape index (κ3) is 4.83. The average molecular weight is 449 g/mol.